The lowest BCUT2D eigenvalue weighted by Crippen LogP contribution is -1.84. The van der Waals surface area contributed by atoms with E-state index in [1.807, 2.05) is 6.08 Å². The molecule has 0 radical (unpaired) electrons. The highest BCUT2D eigenvalue weighted by Gasteiger charge is 1.89. The maximum absolute atomic E-state index is 10.2. The Kier molecular flexibility index (Phi) is 17.2. The summed E-state index contributed by atoms with van der Waals surface area (Å²) in [5, 5.41) is 8.42. The van der Waals surface area contributed by atoms with Gasteiger partial charge >= 0.3 is 5.97 Å². The highest BCUT2D eigenvalue weighted by Crippen LogP contribution is 2.08. The first-order valence-corrected chi connectivity index (χ1v) is 9.11. The van der Waals surface area contributed by atoms with Crippen molar-refractivity contribution in [2.75, 3.05) is 0 Å². The number of aliphatic carboxylic acids is 1. The molecule has 2 heteroatoms. The van der Waals surface area contributed by atoms with Gasteiger partial charge < -0.3 is 5.11 Å². The predicted octanol–water partition coefficient (Wildman–Crippen LogP) is 6.61. The van der Waals surface area contributed by atoms with Crippen molar-refractivity contribution in [1.82, 2.24) is 0 Å². The van der Waals surface area contributed by atoms with E-state index in [-0.39, 0.29) is 0 Å². The number of carboxylic acids is 1. The highest BCUT2D eigenvalue weighted by molar-refractivity contribution is 5.79. The molecule has 0 aliphatic rings. The van der Waals surface area contributed by atoms with Gasteiger partial charge in [-0.15, -0.1) is 0 Å². The monoisotopic (exact) mass is 318 g/mol. The van der Waals surface area contributed by atoms with Crippen molar-refractivity contribution < 1.29 is 9.90 Å². The first-order chi connectivity index (χ1) is 11.3. The number of unbranched alkanes of at least 4 members (excludes halogenated alkanes) is 7. The Hall–Kier alpha value is -1.57. The van der Waals surface area contributed by atoms with Gasteiger partial charge in [0.15, 0.2) is 0 Å². The minimum atomic E-state index is -0.883. The Labute approximate surface area is 142 Å². The van der Waals surface area contributed by atoms with E-state index in [1.54, 1.807) is 6.08 Å². The van der Waals surface area contributed by atoms with Gasteiger partial charge in [-0.25, -0.2) is 4.79 Å². The molecule has 1 N–H and O–H groups in total. The third kappa shape index (κ3) is 20.4. The molecule has 0 unspecified atom stereocenters. The third-order valence-corrected chi connectivity index (χ3v) is 3.50. The predicted molar refractivity (Wildman–Crippen MR) is 101 cm³/mol. The van der Waals surface area contributed by atoms with E-state index in [9.17, 15) is 4.79 Å². The van der Waals surface area contributed by atoms with Gasteiger partial charge in [-0.3, -0.25) is 0 Å². The van der Waals surface area contributed by atoms with Gasteiger partial charge in [-0.05, 0) is 44.9 Å². The smallest absolute Gasteiger partial charge is 0.327 e. The Morgan fingerprint density at radius 3 is 1.78 bits per heavy atom. The van der Waals surface area contributed by atoms with E-state index in [0.29, 0.717) is 6.42 Å². The third-order valence-electron chi connectivity index (χ3n) is 3.50. The van der Waals surface area contributed by atoms with Crippen LogP contribution in [-0.2, 0) is 4.79 Å². The fourth-order valence-electron chi connectivity index (χ4n) is 2.19. The van der Waals surface area contributed by atoms with Crippen LogP contribution in [0.1, 0.15) is 77.6 Å². The molecule has 0 aliphatic heterocycles. The average molecular weight is 319 g/mol. The summed E-state index contributed by atoms with van der Waals surface area (Å²) in [6, 6.07) is 0. The van der Waals surface area contributed by atoms with E-state index in [0.717, 1.165) is 6.42 Å². The number of carbonyl (C=O) groups is 1. The van der Waals surface area contributed by atoms with Crippen LogP contribution in [0.4, 0.5) is 0 Å². The first-order valence-electron chi connectivity index (χ1n) is 9.11. The van der Waals surface area contributed by atoms with Crippen molar-refractivity contribution in [2.45, 2.75) is 77.6 Å². The lowest BCUT2D eigenvalue weighted by molar-refractivity contribution is -0.131. The molecule has 0 saturated carbocycles. The van der Waals surface area contributed by atoms with Crippen LogP contribution in [0.15, 0.2) is 48.6 Å². The van der Waals surface area contributed by atoms with Crippen LogP contribution in [0.3, 0.4) is 0 Å². The van der Waals surface area contributed by atoms with Crippen molar-refractivity contribution in [3.63, 3.8) is 0 Å². The maximum atomic E-state index is 10.2. The second kappa shape index (κ2) is 18.5. The zero-order valence-corrected chi connectivity index (χ0v) is 14.8. The summed E-state index contributed by atoms with van der Waals surface area (Å²) in [4.78, 5) is 10.2. The molecular formula is C21H34O2. The van der Waals surface area contributed by atoms with Gasteiger partial charge in [0.1, 0.15) is 0 Å². The van der Waals surface area contributed by atoms with Gasteiger partial charge in [-0.1, -0.05) is 75.1 Å². The van der Waals surface area contributed by atoms with Gasteiger partial charge in [0.2, 0.25) is 0 Å². The largest absolute Gasteiger partial charge is 0.478 e. The molecule has 0 aromatic carbocycles. The van der Waals surface area contributed by atoms with Gasteiger partial charge in [-0.2, -0.15) is 0 Å². The normalized spacial score (nSPS) is 12.4. The molecule has 0 spiro atoms. The standard InChI is InChI=1S/C21H34O2/c1-2-3-4-5-6-7-8-9-10-11-12-13-14-15-16-17-18-19-20-21(22)23/h4-5,13-14,16-17,19-20H,2-3,6-12,15,18H2,1H3,(H,22,23)/b5-4+,14-13+,17-16+,20-19+. The summed E-state index contributed by atoms with van der Waals surface area (Å²) in [6.07, 6.45) is 29.2. The van der Waals surface area contributed by atoms with Gasteiger partial charge in [0, 0.05) is 6.08 Å². The van der Waals surface area contributed by atoms with Crippen LogP contribution in [0.5, 0.6) is 0 Å². The summed E-state index contributed by atoms with van der Waals surface area (Å²) in [7, 11) is 0. The van der Waals surface area contributed by atoms with E-state index < -0.39 is 5.97 Å². The number of carboxylic acid groups (broad SMARTS) is 1. The lowest BCUT2D eigenvalue weighted by Gasteiger charge is -1.98. The molecule has 0 bridgehead atoms. The van der Waals surface area contributed by atoms with Crippen LogP contribution >= 0.6 is 0 Å². The highest BCUT2D eigenvalue weighted by atomic mass is 16.4. The van der Waals surface area contributed by atoms with E-state index in [2.05, 4.69) is 37.3 Å². The molecule has 130 valence electrons. The molecule has 0 amide bonds. The SMILES string of the molecule is CCC/C=C/CCCCCCC/C=C/C/C=C/C/C=C/C(=O)O. The Morgan fingerprint density at radius 1 is 0.696 bits per heavy atom. The quantitative estimate of drug-likeness (QED) is 0.210. The molecule has 0 rings (SSSR count). The van der Waals surface area contributed by atoms with Crippen molar-refractivity contribution in [1.29, 1.82) is 0 Å². The summed E-state index contributed by atoms with van der Waals surface area (Å²) < 4.78 is 0. The van der Waals surface area contributed by atoms with Crippen LogP contribution in [0.2, 0.25) is 0 Å². The van der Waals surface area contributed by atoms with E-state index >= 15 is 0 Å². The van der Waals surface area contributed by atoms with Gasteiger partial charge in [0.25, 0.3) is 0 Å². The Morgan fingerprint density at radius 2 is 1.17 bits per heavy atom. The Bertz CT molecular complexity index is 375. The molecule has 0 aromatic heterocycles. The number of allylic oxidation sites excluding steroid dienone is 7. The number of rotatable bonds is 15. The van der Waals surface area contributed by atoms with Crippen molar-refractivity contribution >= 4 is 5.97 Å². The number of hydrogen-bond acceptors (Lipinski definition) is 1. The summed E-state index contributed by atoms with van der Waals surface area (Å²) in [5.41, 5.74) is 0. The lowest BCUT2D eigenvalue weighted by atomic mass is 10.1. The second-order valence-corrected chi connectivity index (χ2v) is 5.76. The summed E-state index contributed by atoms with van der Waals surface area (Å²) in [5.74, 6) is -0.883. The minimum absolute atomic E-state index is 0.688. The van der Waals surface area contributed by atoms with Crippen molar-refractivity contribution in [2.24, 2.45) is 0 Å². The second-order valence-electron chi connectivity index (χ2n) is 5.76. The van der Waals surface area contributed by atoms with E-state index in [4.69, 9.17) is 5.11 Å². The van der Waals surface area contributed by atoms with Crippen LogP contribution < -0.4 is 0 Å². The zero-order chi connectivity index (χ0) is 17.0. The minimum Gasteiger partial charge on any atom is -0.478 e. The molecular weight excluding hydrogens is 284 g/mol. The van der Waals surface area contributed by atoms with E-state index in [1.165, 1.54) is 63.9 Å². The Balaban J connectivity index is 3.28. The van der Waals surface area contributed by atoms with Crippen LogP contribution in [0.25, 0.3) is 0 Å². The fourth-order valence-corrected chi connectivity index (χ4v) is 2.19. The molecule has 0 saturated heterocycles. The molecule has 2 nitrogen and oxygen atoms in total. The molecule has 0 fully saturated rings. The molecule has 0 heterocycles. The van der Waals surface area contributed by atoms with Crippen LogP contribution in [-0.4, -0.2) is 11.1 Å². The summed E-state index contributed by atoms with van der Waals surface area (Å²) in [6.45, 7) is 2.22. The topological polar surface area (TPSA) is 37.3 Å². The van der Waals surface area contributed by atoms with Crippen LogP contribution in [0, 0.1) is 0 Å². The average Bonchev–Trinajstić information content (AvgIpc) is 2.53. The molecule has 0 atom stereocenters. The summed E-state index contributed by atoms with van der Waals surface area (Å²) >= 11 is 0. The first kappa shape index (κ1) is 21.4. The molecule has 0 aromatic rings. The number of hydrogen-bond donors (Lipinski definition) is 1. The van der Waals surface area contributed by atoms with Crippen molar-refractivity contribution in [3.05, 3.63) is 48.6 Å². The fraction of sp³-hybridized carbons (Fsp3) is 0.571. The zero-order valence-electron chi connectivity index (χ0n) is 14.8. The van der Waals surface area contributed by atoms with Crippen molar-refractivity contribution in [3.8, 4) is 0 Å². The molecule has 23 heavy (non-hydrogen) atoms. The maximum Gasteiger partial charge on any atom is 0.327 e. The van der Waals surface area contributed by atoms with Gasteiger partial charge in [0.05, 0.1) is 0 Å². The molecule has 0 aliphatic carbocycles.